The lowest BCUT2D eigenvalue weighted by Crippen LogP contribution is -2.51. The Kier molecular flexibility index (Phi) is 4.07. The third-order valence-electron chi connectivity index (χ3n) is 5.49. The van der Waals surface area contributed by atoms with Gasteiger partial charge in [-0.25, -0.2) is 0 Å². The van der Waals surface area contributed by atoms with Crippen LogP contribution in [0.1, 0.15) is 58.3 Å². The average molecular weight is 289 g/mol. The normalized spacial score (nSPS) is 42.4. The molecule has 0 aromatic rings. The summed E-state index contributed by atoms with van der Waals surface area (Å²) in [6, 6.07) is 2.21. The van der Waals surface area contributed by atoms with Crippen molar-refractivity contribution in [2.75, 3.05) is 0 Å². The van der Waals surface area contributed by atoms with E-state index in [9.17, 15) is 23.5 Å². The lowest BCUT2D eigenvalue weighted by molar-refractivity contribution is -0.212. The van der Waals surface area contributed by atoms with Crippen molar-refractivity contribution in [1.82, 2.24) is 0 Å². The summed E-state index contributed by atoms with van der Waals surface area (Å²) in [5.74, 6) is -1.11. The van der Waals surface area contributed by atoms with Crippen LogP contribution in [0.2, 0.25) is 0 Å². The predicted octanol–water partition coefficient (Wildman–Crippen LogP) is 4.19. The molecule has 0 amide bonds. The van der Waals surface area contributed by atoms with Gasteiger partial charge in [0.25, 0.3) is 0 Å². The second kappa shape index (κ2) is 5.22. The zero-order valence-corrected chi connectivity index (χ0v) is 11.8. The first-order valence-corrected chi connectivity index (χ1v) is 7.47. The number of rotatable bonds is 2. The van der Waals surface area contributed by atoms with Crippen LogP contribution in [-0.2, 0) is 0 Å². The van der Waals surface area contributed by atoms with E-state index in [-0.39, 0.29) is 12.8 Å². The number of hydrogen-bond acceptors (Lipinski definition) is 2. The van der Waals surface area contributed by atoms with E-state index in [2.05, 4.69) is 6.07 Å². The van der Waals surface area contributed by atoms with Crippen molar-refractivity contribution in [3.05, 3.63) is 0 Å². The van der Waals surface area contributed by atoms with Crippen LogP contribution in [-0.4, -0.2) is 16.9 Å². The van der Waals surface area contributed by atoms with E-state index in [0.29, 0.717) is 31.6 Å². The SMILES string of the molecule is CCC1CCC(C#N)(C2(O)CCCC(C(F)(F)F)C2)C1. The first kappa shape index (κ1) is 15.6. The Morgan fingerprint density at radius 2 is 1.95 bits per heavy atom. The average Bonchev–Trinajstić information content (AvgIpc) is 2.83. The van der Waals surface area contributed by atoms with Crippen molar-refractivity contribution in [2.24, 2.45) is 17.3 Å². The molecule has 0 radical (unpaired) electrons. The van der Waals surface area contributed by atoms with Crippen LogP contribution >= 0.6 is 0 Å². The third kappa shape index (κ3) is 2.55. The quantitative estimate of drug-likeness (QED) is 0.828. The molecule has 2 rings (SSSR count). The molecule has 0 spiro atoms. The van der Waals surface area contributed by atoms with E-state index in [1.54, 1.807) is 0 Å². The minimum Gasteiger partial charge on any atom is -0.388 e. The maximum absolute atomic E-state index is 12.9. The lowest BCUT2D eigenvalue weighted by Gasteiger charge is -2.46. The molecule has 2 aliphatic rings. The van der Waals surface area contributed by atoms with Crippen LogP contribution in [0, 0.1) is 28.6 Å². The van der Waals surface area contributed by atoms with Gasteiger partial charge < -0.3 is 5.11 Å². The van der Waals surface area contributed by atoms with Crippen LogP contribution in [0.15, 0.2) is 0 Å². The summed E-state index contributed by atoms with van der Waals surface area (Å²) in [7, 11) is 0. The molecule has 2 saturated carbocycles. The summed E-state index contributed by atoms with van der Waals surface area (Å²) in [6.07, 6.45) is -1.00. The topological polar surface area (TPSA) is 44.0 Å². The number of alkyl halides is 3. The maximum Gasteiger partial charge on any atom is 0.391 e. The Balaban J connectivity index is 2.23. The summed E-state index contributed by atoms with van der Waals surface area (Å²) in [5.41, 5.74) is -2.44. The minimum absolute atomic E-state index is 0.0739. The number of aliphatic hydroxyl groups is 1. The molecular formula is C15H22F3NO. The first-order chi connectivity index (χ1) is 9.26. The Bertz CT molecular complexity index is 403. The Morgan fingerprint density at radius 3 is 2.45 bits per heavy atom. The molecular weight excluding hydrogens is 267 g/mol. The fourth-order valence-corrected chi connectivity index (χ4v) is 4.09. The van der Waals surface area contributed by atoms with Crippen LogP contribution in [0.5, 0.6) is 0 Å². The van der Waals surface area contributed by atoms with Gasteiger partial charge in [-0.1, -0.05) is 13.3 Å². The van der Waals surface area contributed by atoms with Crippen molar-refractivity contribution in [3.63, 3.8) is 0 Å². The van der Waals surface area contributed by atoms with Crippen molar-refractivity contribution in [3.8, 4) is 6.07 Å². The van der Waals surface area contributed by atoms with Gasteiger partial charge in [0.15, 0.2) is 0 Å². The zero-order chi connectivity index (χ0) is 15.0. The summed E-state index contributed by atoms with van der Waals surface area (Å²) in [4.78, 5) is 0. The van der Waals surface area contributed by atoms with E-state index in [1.165, 1.54) is 0 Å². The maximum atomic E-state index is 12.9. The van der Waals surface area contributed by atoms with Crippen LogP contribution in [0.3, 0.4) is 0 Å². The van der Waals surface area contributed by atoms with Gasteiger partial charge in [-0.05, 0) is 50.9 Å². The summed E-state index contributed by atoms with van der Waals surface area (Å²) in [5, 5.41) is 20.4. The van der Waals surface area contributed by atoms with E-state index < -0.39 is 23.1 Å². The molecule has 5 heteroatoms. The van der Waals surface area contributed by atoms with Gasteiger partial charge in [0, 0.05) is 0 Å². The van der Waals surface area contributed by atoms with Crippen molar-refractivity contribution in [1.29, 1.82) is 5.26 Å². The van der Waals surface area contributed by atoms with Gasteiger partial charge in [0.2, 0.25) is 0 Å². The molecule has 114 valence electrons. The monoisotopic (exact) mass is 289 g/mol. The molecule has 0 saturated heterocycles. The Labute approximate surface area is 118 Å². The molecule has 2 nitrogen and oxygen atoms in total. The largest absolute Gasteiger partial charge is 0.391 e. The number of halogens is 3. The number of nitriles is 1. The third-order valence-corrected chi connectivity index (χ3v) is 5.49. The zero-order valence-electron chi connectivity index (χ0n) is 11.8. The smallest absolute Gasteiger partial charge is 0.388 e. The molecule has 4 atom stereocenters. The number of nitrogens with zero attached hydrogens (tertiary/aromatic N) is 1. The van der Waals surface area contributed by atoms with Gasteiger partial charge in [-0.2, -0.15) is 18.4 Å². The second-order valence-electron chi connectivity index (χ2n) is 6.58. The highest BCUT2D eigenvalue weighted by atomic mass is 19.4. The molecule has 20 heavy (non-hydrogen) atoms. The van der Waals surface area contributed by atoms with Crippen molar-refractivity contribution in [2.45, 2.75) is 70.1 Å². The molecule has 0 aliphatic heterocycles. The Hall–Kier alpha value is -0.760. The van der Waals surface area contributed by atoms with E-state index in [4.69, 9.17) is 0 Å². The van der Waals surface area contributed by atoms with E-state index in [1.807, 2.05) is 6.92 Å². The molecule has 1 N–H and O–H groups in total. The standard InChI is InChI=1S/C15H22F3NO/c1-2-11-5-7-13(8-11,10-19)14(20)6-3-4-12(9-14)15(16,17)18/h11-12,20H,2-9H2,1H3. The summed E-state index contributed by atoms with van der Waals surface area (Å²) in [6.45, 7) is 2.03. The predicted molar refractivity (Wildman–Crippen MR) is 68.6 cm³/mol. The van der Waals surface area contributed by atoms with Crippen LogP contribution < -0.4 is 0 Å². The van der Waals surface area contributed by atoms with Crippen LogP contribution in [0.4, 0.5) is 13.2 Å². The lowest BCUT2D eigenvalue weighted by atomic mass is 9.62. The fourth-order valence-electron chi connectivity index (χ4n) is 4.09. The number of hydrogen-bond donors (Lipinski definition) is 1. The highest BCUT2D eigenvalue weighted by Crippen LogP contribution is 2.56. The van der Waals surface area contributed by atoms with Gasteiger partial charge >= 0.3 is 6.18 Å². The minimum atomic E-state index is -4.27. The first-order valence-electron chi connectivity index (χ1n) is 7.47. The molecule has 2 fully saturated rings. The molecule has 0 heterocycles. The van der Waals surface area contributed by atoms with Crippen molar-refractivity contribution >= 4 is 0 Å². The van der Waals surface area contributed by atoms with Crippen LogP contribution in [0.25, 0.3) is 0 Å². The summed E-state index contributed by atoms with van der Waals surface area (Å²) >= 11 is 0. The van der Waals surface area contributed by atoms with E-state index >= 15 is 0 Å². The van der Waals surface area contributed by atoms with Gasteiger partial charge in [-0.15, -0.1) is 0 Å². The van der Waals surface area contributed by atoms with Gasteiger partial charge in [-0.3, -0.25) is 0 Å². The van der Waals surface area contributed by atoms with Gasteiger partial charge in [0.05, 0.1) is 23.0 Å². The second-order valence-corrected chi connectivity index (χ2v) is 6.58. The fraction of sp³-hybridized carbons (Fsp3) is 0.933. The molecule has 0 aromatic carbocycles. The summed E-state index contributed by atoms with van der Waals surface area (Å²) < 4.78 is 38.8. The Morgan fingerprint density at radius 1 is 1.25 bits per heavy atom. The van der Waals surface area contributed by atoms with Crippen molar-refractivity contribution < 1.29 is 18.3 Å². The molecule has 0 bridgehead atoms. The molecule has 2 aliphatic carbocycles. The highest BCUT2D eigenvalue weighted by Gasteiger charge is 2.58. The molecule has 4 unspecified atom stereocenters. The van der Waals surface area contributed by atoms with Gasteiger partial charge in [0.1, 0.15) is 0 Å². The highest BCUT2D eigenvalue weighted by molar-refractivity contribution is 5.16. The van der Waals surface area contributed by atoms with E-state index in [0.717, 1.165) is 12.8 Å². The molecule has 0 aromatic heterocycles.